The van der Waals surface area contributed by atoms with Gasteiger partial charge in [0.05, 0.1) is 11.8 Å². The van der Waals surface area contributed by atoms with Crippen LogP contribution in [0.1, 0.15) is 37.7 Å². The smallest absolute Gasteiger partial charge is 0.235 e. The van der Waals surface area contributed by atoms with Gasteiger partial charge in [0.15, 0.2) is 5.78 Å². The first-order chi connectivity index (χ1) is 12.5. The molecule has 0 bridgehead atoms. The fraction of sp³-hybridized carbons (Fsp3) is 0.400. The highest BCUT2D eigenvalue weighted by Crippen LogP contribution is 2.39. The van der Waals surface area contributed by atoms with Gasteiger partial charge in [-0.05, 0) is 24.0 Å². The van der Waals surface area contributed by atoms with Crippen molar-refractivity contribution in [3.05, 3.63) is 41.5 Å². The van der Waals surface area contributed by atoms with Crippen molar-refractivity contribution < 1.29 is 19.2 Å². The SMILES string of the molecule is O=C1C[C@@]2(CCN(C(=O)CC3=C(c4ccccc4)CCC3=O)C2)C(=O)N1. The molecule has 1 spiro atoms. The fourth-order valence-electron chi connectivity index (χ4n) is 4.24. The van der Waals surface area contributed by atoms with Gasteiger partial charge in [0.2, 0.25) is 17.7 Å². The lowest BCUT2D eigenvalue weighted by atomic mass is 9.85. The monoisotopic (exact) mass is 352 g/mol. The quantitative estimate of drug-likeness (QED) is 0.835. The molecule has 0 aromatic heterocycles. The molecule has 0 unspecified atom stereocenters. The number of hydrogen-bond donors (Lipinski definition) is 1. The van der Waals surface area contributed by atoms with Crippen LogP contribution in [-0.4, -0.2) is 41.5 Å². The maximum Gasteiger partial charge on any atom is 0.235 e. The van der Waals surface area contributed by atoms with Crippen LogP contribution < -0.4 is 5.32 Å². The molecule has 2 fully saturated rings. The van der Waals surface area contributed by atoms with Crippen LogP contribution in [0.2, 0.25) is 0 Å². The van der Waals surface area contributed by atoms with Crippen LogP contribution in [0.25, 0.3) is 5.57 Å². The summed E-state index contributed by atoms with van der Waals surface area (Å²) < 4.78 is 0. The lowest BCUT2D eigenvalue weighted by Crippen LogP contribution is -2.36. The summed E-state index contributed by atoms with van der Waals surface area (Å²) >= 11 is 0. The van der Waals surface area contributed by atoms with E-state index in [2.05, 4.69) is 5.32 Å². The van der Waals surface area contributed by atoms with Crippen LogP contribution in [-0.2, 0) is 19.2 Å². The van der Waals surface area contributed by atoms with Crippen LogP contribution in [0.5, 0.6) is 0 Å². The van der Waals surface area contributed by atoms with Crippen LogP contribution in [0.4, 0.5) is 0 Å². The second kappa shape index (κ2) is 6.20. The second-order valence-electron chi connectivity index (χ2n) is 7.32. The van der Waals surface area contributed by atoms with E-state index in [9.17, 15) is 19.2 Å². The number of nitrogens with zero attached hydrogens (tertiary/aromatic N) is 1. The Hall–Kier alpha value is -2.76. The third kappa shape index (κ3) is 2.75. The van der Waals surface area contributed by atoms with Crippen LogP contribution >= 0.6 is 0 Å². The number of allylic oxidation sites excluding steroid dienone is 1. The Morgan fingerprint density at radius 2 is 1.88 bits per heavy atom. The van der Waals surface area contributed by atoms with E-state index in [0.29, 0.717) is 31.4 Å². The molecule has 1 aromatic carbocycles. The average molecular weight is 352 g/mol. The van der Waals surface area contributed by atoms with Crippen LogP contribution in [0, 0.1) is 5.41 Å². The molecular weight excluding hydrogens is 332 g/mol. The first-order valence-electron chi connectivity index (χ1n) is 8.91. The van der Waals surface area contributed by atoms with Gasteiger partial charge in [-0.1, -0.05) is 30.3 Å². The van der Waals surface area contributed by atoms with Crippen molar-refractivity contribution >= 4 is 29.1 Å². The first kappa shape index (κ1) is 16.7. The maximum absolute atomic E-state index is 12.8. The van der Waals surface area contributed by atoms with Crippen molar-refractivity contribution in [3.8, 4) is 0 Å². The zero-order valence-electron chi connectivity index (χ0n) is 14.4. The molecule has 134 valence electrons. The molecule has 1 atom stereocenters. The minimum absolute atomic E-state index is 0.0277. The number of amides is 3. The Morgan fingerprint density at radius 1 is 1.12 bits per heavy atom. The molecule has 2 aliphatic heterocycles. The van der Waals surface area contributed by atoms with E-state index in [1.165, 1.54) is 0 Å². The molecule has 4 rings (SSSR count). The standard InChI is InChI=1S/C20H20N2O4/c23-16-7-6-14(13-4-2-1-3-5-13)15(16)10-18(25)22-9-8-20(12-22)11-17(24)21-19(20)26/h1-5H,6-12H2,(H,21,24,26)/t20-/m1/s1. The molecule has 0 saturated carbocycles. The summed E-state index contributed by atoms with van der Waals surface area (Å²) in [7, 11) is 0. The zero-order chi connectivity index (χ0) is 18.3. The van der Waals surface area contributed by atoms with E-state index in [1.807, 2.05) is 30.3 Å². The summed E-state index contributed by atoms with van der Waals surface area (Å²) in [6.07, 6.45) is 1.80. The summed E-state index contributed by atoms with van der Waals surface area (Å²) in [5, 5.41) is 2.34. The predicted molar refractivity (Wildman–Crippen MR) is 93.6 cm³/mol. The van der Waals surface area contributed by atoms with Gasteiger partial charge in [-0.3, -0.25) is 24.5 Å². The van der Waals surface area contributed by atoms with Crippen molar-refractivity contribution in [2.45, 2.75) is 32.1 Å². The van der Waals surface area contributed by atoms with Gasteiger partial charge in [-0.15, -0.1) is 0 Å². The van der Waals surface area contributed by atoms with Gasteiger partial charge in [-0.25, -0.2) is 0 Å². The largest absolute Gasteiger partial charge is 0.341 e. The Bertz CT molecular complexity index is 843. The normalized spacial score (nSPS) is 25.5. The Morgan fingerprint density at radius 3 is 2.58 bits per heavy atom. The van der Waals surface area contributed by atoms with E-state index in [0.717, 1.165) is 11.1 Å². The van der Waals surface area contributed by atoms with Crippen molar-refractivity contribution in [3.63, 3.8) is 0 Å². The van der Waals surface area contributed by atoms with Gasteiger partial charge < -0.3 is 4.90 Å². The maximum atomic E-state index is 12.8. The molecule has 2 saturated heterocycles. The number of carbonyl (C=O) groups excluding carboxylic acids is 4. The topological polar surface area (TPSA) is 83.6 Å². The number of Topliss-reactive ketones (excluding diaryl/α,β-unsaturated/α-hetero) is 1. The summed E-state index contributed by atoms with van der Waals surface area (Å²) in [5.41, 5.74) is 1.75. The summed E-state index contributed by atoms with van der Waals surface area (Å²) in [5.74, 6) is -0.670. The zero-order valence-corrected chi connectivity index (χ0v) is 14.4. The van der Waals surface area contributed by atoms with E-state index < -0.39 is 5.41 Å². The van der Waals surface area contributed by atoms with E-state index in [4.69, 9.17) is 0 Å². The summed E-state index contributed by atoms with van der Waals surface area (Å²) in [6.45, 7) is 0.702. The van der Waals surface area contributed by atoms with Gasteiger partial charge in [0, 0.05) is 31.5 Å². The van der Waals surface area contributed by atoms with E-state index in [-0.39, 0.29) is 42.9 Å². The number of benzene rings is 1. The molecule has 26 heavy (non-hydrogen) atoms. The molecule has 3 aliphatic rings. The lowest BCUT2D eigenvalue weighted by molar-refractivity contribution is -0.132. The summed E-state index contributed by atoms with van der Waals surface area (Å²) in [6, 6.07) is 9.67. The molecule has 1 aromatic rings. The number of carbonyl (C=O) groups is 4. The molecular formula is C20H20N2O4. The molecule has 1 N–H and O–H groups in total. The van der Waals surface area contributed by atoms with Crippen molar-refractivity contribution in [2.75, 3.05) is 13.1 Å². The number of hydrogen-bond acceptors (Lipinski definition) is 4. The van der Waals surface area contributed by atoms with Crippen LogP contribution in [0.15, 0.2) is 35.9 Å². The molecule has 0 radical (unpaired) electrons. The van der Waals surface area contributed by atoms with Gasteiger partial charge in [0.1, 0.15) is 0 Å². The average Bonchev–Trinajstić information content (AvgIpc) is 3.28. The molecule has 6 nitrogen and oxygen atoms in total. The number of nitrogens with one attached hydrogen (secondary N) is 1. The second-order valence-corrected chi connectivity index (χ2v) is 7.32. The minimum atomic E-state index is -0.775. The van der Waals surface area contributed by atoms with Crippen molar-refractivity contribution in [2.24, 2.45) is 5.41 Å². The highest BCUT2D eigenvalue weighted by atomic mass is 16.2. The number of likely N-dealkylation sites (tertiary alicyclic amines) is 1. The third-order valence-corrected chi connectivity index (χ3v) is 5.69. The number of imide groups is 1. The Kier molecular flexibility index (Phi) is 3.98. The molecule has 1 aliphatic carbocycles. The molecule has 2 heterocycles. The molecule has 3 amide bonds. The fourth-order valence-corrected chi connectivity index (χ4v) is 4.24. The minimum Gasteiger partial charge on any atom is -0.341 e. The molecule has 6 heteroatoms. The van der Waals surface area contributed by atoms with Crippen molar-refractivity contribution in [1.29, 1.82) is 0 Å². The van der Waals surface area contributed by atoms with Gasteiger partial charge in [-0.2, -0.15) is 0 Å². The van der Waals surface area contributed by atoms with Crippen LogP contribution in [0.3, 0.4) is 0 Å². The lowest BCUT2D eigenvalue weighted by Gasteiger charge is -2.20. The predicted octanol–water partition coefficient (Wildman–Crippen LogP) is 1.46. The third-order valence-electron chi connectivity index (χ3n) is 5.69. The first-order valence-corrected chi connectivity index (χ1v) is 8.91. The number of ketones is 1. The van der Waals surface area contributed by atoms with Crippen molar-refractivity contribution in [1.82, 2.24) is 10.2 Å². The van der Waals surface area contributed by atoms with E-state index in [1.54, 1.807) is 4.90 Å². The summed E-state index contributed by atoms with van der Waals surface area (Å²) in [4.78, 5) is 50.3. The van der Waals surface area contributed by atoms with Gasteiger partial charge in [0.25, 0.3) is 0 Å². The Labute approximate surface area is 151 Å². The number of rotatable bonds is 3. The van der Waals surface area contributed by atoms with E-state index >= 15 is 0 Å². The van der Waals surface area contributed by atoms with Gasteiger partial charge >= 0.3 is 0 Å². The highest BCUT2D eigenvalue weighted by Gasteiger charge is 2.51. The Balaban J connectivity index is 1.52. The highest BCUT2D eigenvalue weighted by molar-refractivity contribution is 6.10.